The molecule has 2 aromatic rings. The summed E-state index contributed by atoms with van der Waals surface area (Å²) in [5, 5.41) is 8.57. The number of carboxylic acids is 1. The van der Waals surface area contributed by atoms with Gasteiger partial charge in [0.05, 0.1) is 11.0 Å². The Morgan fingerprint density at radius 2 is 2.17 bits per heavy atom. The summed E-state index contributed by atoms with van der Waals surface area (Å²) < 4.78 is 2.07. The SMILES string of the molecule is Cc1nc2cc(CCCCC(=O)O)ccc2n1C. The van der Waals surface area contributed by atoms with Crippen LogP contribution in [0, 0.1) is 6.92 Å². The topological polar surface area (TPSA) is 55.1 Å². The molecule has 0 atom stereocenters. The largest absolute Gasteiger partial charge is 0.481 e. The lowest BCUT2D eigenvalue weighted by Crippen LogP contribution is -1.95. The van der Waals surface area contributed by atoms with Gasteiger partial charge < -0.3 is 9.67 Å². The maximum Gasteiger partial charge on any atom is 0.303 e. The van der Waals surface area contributed by atoms with E-state index in [0.29, 0.717) is 0 Å². The third kappa shape index (κ3) is 2.70. The number of nitrogens with zero attached hydrogens (tertiary/aromatic N) is 2. The Balaban J connectivity index is 2.04. The molecule has 0 saturated heterocycles. The van der Waals surface area contributed by atoms with Gasteiger partial charge in [-0.3, -0.25) is 4.79 Å². The van der Waals surface area contributed by atoms with E-state index in [-0.39, 0.29) is 6.42 Å². The van der Waals surface area contributed by atoms with Crippen molar-refractivity contribution in [2.45, 2.75) is 32.6 Å². The average Bonchev–Trinajstić information content (AvgIpc) is 2.60. The van der Waals surface area contributed by atoms with Crippen LogP contribution in [-0.4, -0.2) is 20.6 Å². The monoisotopic (exact) mass is 246 g/mol. The molecule has 0 amide bonds. The van der Waals surface area contributed by atoms with Gasteiger partial charge in [0, 0.05) is 13.5 Å². The van der Waals surface area contributed by atoms with Gasteiger partial charge in [-0.05, 0) is 43.9 Å². The fourth-order valence-corrected chi connectivity index (χ4v) is 2.13. The number of aryl methyl sites for hydroxylation is 3. The van der Waals surface area contributed by atoms with Crippen molar-refractivity contribution in [1.82, 2.24) is 9.55 Å². The minimum atomic E-state index is -0.717. The number of benzene rings is 1. The van der Waals surface area contributed by atoms with Gasteiger partial charge in [0.25, 0.3) is 0 Å². The van der Waals surface area contributed by atoms with Gasteiger partial charge in [-0.15, -0.1) is 0 Å². The molecule has 4 nitrogen and oxygen atoms in total. The van der Waals surface area contributed by atoms with Crippen LogP contribution in [0.3, 0.4) is 0 Å². The number of imidazole rings is 1. The van der Waals surface area contributed by atoms with E-state index in [2.05, 4.69) is 27.8 Å². The lowest BCUT2D eigenvalue weighted by atomic mass is 10.1. The van der Waals surface area contributed by atoms with Crippen LogP contribution in [0.25, 0.3) is 11.0 Å². The Hall–Kier alpha value is -1.84. The average molecular weight is 246 g/mol. The molecule has 0 aliphatic heterocycles. The molecule has 18 heavy (non-hydrogen) atoms. The first kappa shape index (κ1) is 12.6. The van der Waals surface area contributed by atoms with Crippen molar-refractivity contribution in [2.24, 2.45) is 7.05 Å². The fourth-order valence-electron chi connectivity index (χ4n) is 2.13. The Morgan fingerprint density at radius 1 is 1.39 bits per heavy atom. The second-order valence-electron chi connectivity index (χ2n) is 4.64. The molecular weight excluding hydrogens is 228 g/mol. The summed E-state index contributed by atoms with van der Waals surface area (Å²) in [6.45, 7) is 1.99. The predicted octanol–water partition coefficient (Wildman–Crippen LogP) is 2.68. The molecule has 1 heterocycles. The number of fused-ring (bicyclic) bond motifs is 1. The molecule has 0 unspecified atom stereocenters. The minimum Gasteiger partial charge on any atom is -0.481 e. The van der Waals surface area contributed by atoms with Crippen LogP contribution in [-0.2, 0) is 18.3 Å². The molecule has 1 N–H and O–H groups in total. The number of unbranched alkanes of at least 4 members (excludes halogenated alkanes) is 1. The summed E-state index contributed by atoms with van der Waals surface area (Å²) in [6.07, 6.45) is 2.81. The van der Waals surface area contributed by atoms with E-state index >= 15 is 0 Å². The molecule has 1 aromatic carbocycles. The highest BCUT2D eigenvalue weighted by molar-refractivity contribution is 5.76. The summed E-state index contributed by atoms with van der Waals surface area (Å²) in [5.41, 5.74) is 3.39. The van der Waals surface area contributed by atoms with Crippen molar-refractivity contribution in [2.75, 3.05) is 0 Å². The van der Waals surface area contributed by atoms with E-state index in [1.54, 1.807) is 0 Å². The van der Waals surface area contributed by atoms with Gasteiger partial charge >= 0.3 is 5.97 Å². The fraction of sp³-hybridized carbons (Fsp3) is 0.429. The summed E-state index contributed by atoms with van der Waals surface area (Å²) >= 11 is 0. The van der Waals surface area contributed by atoms with Gasteiger partial charge in [-0.25, -0.2) is 4.98 Å². The van der Waals surface area contributed by atoms with Crippen molar-refractivity contribution in [3.63, 3.8) is 0 Å². The van der Waals surface area contributed by atoms with E-state index in [1.807, 2.05) is 14.0 Å². The molecule has 96 valence electrons. The standard InChI is InChI=1S/C14H18N2O2/c1-10-15-12-9-11(5-3-4-6-14(17)18)7-8-13(12)16(10)2/h7-9H,3-6H2,1-2H3,(H,17,18). The molecule has 4 heteroatoms. The summed E-state index contributed by atoms with van der Waals surface area (Å²) in [4.78, 5) is 14.9. The first-order chi connectivity index (χ1) is 8.58. The molecule has 2 rings (SSSR count). The normalized spacial score (nSPS) is 11.0. The molecule has 0 aliphatic rings. The Kier molecular flexibility index (Phi) is 3.65. The van der Waals surface area contributed by atoms with Gasteiger partial charge in [0.15, 0.2) is 0 Å². The van der Waals surface area contributed by atoms with Crippen LogP contribution in [0.2, 0.25) is 0 Å². The second-order valence-corrected chi connectivity index (χ2v) is 4.64. The quantitative estimate of drug-likeness (QED) is 0.825. The Morgan fingerprint density at radius 3 is 2.89 bits per heavy atom. The van der Waals surface area contributed by atoms with Crippen LogP contribution in [0.4, 0.5) is 0 Å². The predicted molar refractivity (Wildman–Crippen MR) is 70.6 cm³/mol. The van der Waals surface area contributed by atoms with Crippen LogP contribution in [0.5, 0.6) is 0 Å². The molecule has 0 radical (unpaired) electrons. The van der Waals surface area contributed by atoms with Crippen LogP contribution in [0.1, 0.15) is 30.7 Å². The van der Waals surface area contributed by atoms with Crippen molar-refractivity contribution >= 4 is 17.0 Å². The van der Waals surface area contributed by atoms with Gasteiger partial charge in [-0.2, -0.15) is 0 Å². The van der Waals surface area contributed by atoms with Gasteiger partial charge in [0.1, 0.15) is 5.82 Å². The van der Waals surface area contributed by atoms with Gasteiger partial charge in [-0.1, -0.05) is 6.07 Å². The maximum absolute atomic E-state index is 10.4. The van der Waals surface area contributed by atoms with Gasteiger partial charge in [0.2, 0.25) is 0 Å². The van der Waals surface area contributed by atoms with Crippen molar-refractivity contribution < 1.29 is 9.90 Å². The number of aliphatic carboxylic acids is 1. The lowest BCUT2D eigenvalue weighted by molar-refractivity contribution is -0.137. The summed E-state index contributed by atoms with van der Waals surface area (Å²) in [6, 6.07) is 6.29. The highest BCUT2D eigenvalue weighted by Gasteiger charge is 2.05. The minimum absolute atomic E-state index is 0.255. The Bertz CT molecular complexity index is 572. The zero-order valence-corrected chi connectivity index (χ0v) is 10.8. The number of carboxylic acid groups (broad SMARTS) is 1. The smallest absolute Gasteiger partial charge is 0.303 e. The first-order valence-electron chi connectivity index (χ1n) is 6.21. The molecule has 0 aliphatic carbocycles. The molecule has 0 bridgehead atoms. The third-order valence-corrected chi connectivity index (χ3v) is 3.27. The summed E-state index contributed by atoms with van der Waals surface area (Å²) in [7, 11) is 2.01. The van der Waals surface area contributed by atoms with Crippen molar-refractivity contribution in [1.29, 1.82) is 0 Å². The maximum atomic E-state index is 10.4. The molecule has 1 aromatic heterocycles. The van der Waals surface area contributed by atoms with Crippen molar-refractivity contribution in [3.8, 4) is 0 Å². The first-order valence-corrected chi connectivity index (χ1v) is 6.21. The number of hydrogen-bond donors (Lipinski definition) is 1. The highest BCUT2D eigenvalue weighted by atomic mass is 16.4. The molecule has 0 saturated carbocycles. The number of aromatic nitrogens is 2. The number of hydrogen-bond acceptors (Lipinski definition) is 2. The highest BCUT2D eigenvalue weighted by Crippen LogP contribution is 2.17. The lowest BCUT2D eigenvalue weighted by Gasteiger charge is -2.01. The van der Waals surface area contributed by atoms with Crippen molar-refractivity contribution in [3.05, 3.63) is 29.6 Å². The van der Waals surface area contributed by atoms with Crippen LogP contribution < -0.4 is 0 Å². The molecular formula is C14H18N2O2. The molecule has 0 spiro atoms. The molecule has 0 fully saturated rings. The van der Waals surface area contributed by atoms with E-state index < -0.39 is 5.97 Å². The van der Waals surface area contributed by atoms with E-state index in [1.165, 1.54) is 5.56 Å². The van der Waals surface area contributed by atoms with Crippen LogP contribution >= 0.6 is 0 Å². The van der Waals surface area contributed by atoms with Crippen LogP contribution in [0.15, 0.2) is 18.2 Å². The second kappa shape index (κ2) is 5.21. The van der Waals surface area contributed by atoms with E-state index in [9.17, 15) is 4.79 Å². The zero-order valence-electron chi connectivity index (χ0n) is 10.8. The zero-order chi connectivity index (χ0) is 13.1. The Labute approximate surface area is 106 Å². The number of carbonyl (C=O) groups is 1. The summed E-state index contributed by atoms with van der Waals surface area (Å²) in [5.74, 6) is 0.291. The number of rotatable bonds is 5. The van der Waals surface area contributed by atoms with E-state index in [0.717, 1.165) is 36.1 Å². The third-order valence-electron chi connectivity index (χ3n) is 3.27. The van der Waals surface area contributed by atoms with E-state index in [4.69, 9.17) is 5.11 Å².